The van der Waals surface area contributed by atoms with Crippen LogP contribution in [0.2, 0.25) is 0 Å². The molecule has 1 fully saturated rings. The highest BCUT2D eigenvalue weighted by molar-refractivity contribution is 4.82. The van der Waals surface area contributed by atoms with Crippen LogP contribution in [0, 0.1) is 0 Å². The molecular formula is C14H31N3O. The fraction of sp³-hybridized carbons (Fsp3) is 1.00. The molecule has 0 aromatic heterocycles. The molecule has 0 bridgehead atoms. The van der Waals surface area contributed by atoms with Crippen molar-refractivity contribution in [1.82, 2.24) is 15.1 Å². The van der Waals surface area contributed by atoms with Gasteiger partial charge in [0, 0.05) is 31.2 Å². The minimum absolute atomic E-state index is 0.187. The number of aliphatic hydroxyl groups is 1. The van der Waals surface area contributed by atoms with Gasteiger partial charge < -0.3 is 15.3 Å². The van der Waals surface area contributed by atoms with E-state index in [-0.39, 0.29) is 12.6 Å². The lowest BCUT2D eigenvalue weighted by Gasteiger charge is -2.30. The second-order valence-corrected chi connectivity index (χ2v) is 5.85. The molecule has 1 aliphatic rings. The normalized spacial score (nSPS) is 23.2. The monoisotopic (exact) mass is 257 g/mol. The van der Waals surface area contributed by atoms with Crippen molar-refractivity contribution in [2.24, 2.45) is 0 Å². The molecule has 18 heavy (non-hydrogen) atoms. The number of likely N-dealkylation sites (N-methyl/N-ethyl adjacent to an activating group) is 2. The summed E-state index contributed by atoms with van der Waals surface area (Å²) in [6, 6.07) is 1.32. The zero-order valence-electron chi connectivity index (χ0n) is 12.5. The number of nitrogens with one attached hydrogen (secondary N) is 1. The highest BCUT2D eigenvalue weighted by Crippen LogP contribution is 2.17. The van der Waals surface area contributed by atoms with Gasteiger partial charge in [0.05, 0.1) is 6.61 Å². The number of hydrogen-bond donors (Lipinski definition) is 2. The minimum Gasteiger partial charge on any atom is -0.395 e. The Bertz CT molecular complexity index is 223. The number of aliphatic hydroxyl groups excluding tert-OH is 1. The zero-order valence-corrected chi connectivity index (χ0v) is 12.5. The second-order valence-electron chi connectivity index (χ2n) is 5.85. The first-order valence-corrected chi connectivity index (χ1v) is 7.36. The van der Waals surface area contributed by atoms with Crippen LogP contribution in [-0.4, -0.2) is 72.9 Å². The summed E-state index contributed by atoms with van der Waals surface area (Å²) >= 11 is 0. The molecular weight excluding hydrogens is 226 g/mol. The van der Waals surface area contributed by atoms with Gasteiger partial charge in [-0.15, -0.1) is 0 Å². The molecule has 0 spiro atoms. The maximum atomic E-state index is 9.38. The van der Waals surface area contributed by atoms with Crippen LogP contribution in [0.5, 0.6) is 0 Å². The molecule has 0 aromatic carbocycles. The van der Waals surface area contributed by atoms with Crippen molar-refractivity contribution in [2.45, 2.75) is 51.7 Å². The van der Waals surface area contributed by atoms with Gasteiger partial charge in [-0.2, -0.15) is 0 Å². The van der Waals surface area contributed by atoms with Crippen LogP contribution >= 0.6 is 0 Å². The molecule has 1 aliphatic heterocycles. The molecule has 1 heterocycles. The van der Waals surface area contributed by atoms with E-state index < -0.39 is 0 Å². The molecule has 0 aromatic rings. The average Bonchev–Trinajstić information content (AvgIpc) is 2.74. The van der Waals surface area contributed by atoms with E-state index in [9.17, 15) is 5.11 Å². The molecule has 0 saturated carbocycles. The minimum atomic E-state index is 0.187. The van der Waals surface area contributed by atoms with Crippen LogP contribution in [0.1, 0.15) is 33.6 Å². The maximum Gasteiger partial charge on any atom is 0.0597 e. The lowest BCUT2D eigenvalue weighted by molar-refractivity contribution is 0.159. The zero-order chi connectivity index (χ0) is 13.5. The van der Waals surface area contributed by atoms with Crippen LogP contribution in [-0.2, 0) is 0 Å². The molecule has 4 nitrogen and oxygen atoms in total. The largest absolute Gasteiger partial charge is 0.395 e. The summed E-state index contributed by atoms with van der Waals surface area (Å²) < 4.78 is 0. The Morgan fingerprint density at radius 2 is 2.17 bits per heavy atom. The fourth-order valence-electron chi connectivity index (χ4n) is 2.96. The molecule has 108 valence electrons. The summed E-state index contributed by atoms with van der Waals surface area (Å²) in [5, 5.41) is 12.8. The van der Waals surface area contributed by atoms with Crippen LogP contribution in [0.4, 0.5) is 0 Å². The van der Waals surface area contributed by atoms with Gasteiger partial charge in [0.1, 0.15) is 0 Å². The number of likely N-dealkylation sites (tertiary alicyclic amines) is 1. The first-order valence-electron chi connectivity index (χ1n) is 7.36. The van der Waals surface area contributed by atoms with E-state index in [1.54, 1.807) is 0 Å². The van der Waals surface area contributed by atoms with Crippen molar-refractivity contribution in [3.05, 3.63) is 0 Å². The van der Waals surface area contributed by atoms with Gasteiger partial charge in [0.2, 0.25) is 0 Å². The van der Waals surface area contributed by atoms with Crippen LogP contribution < -0.4 is 5.32 Å². The molecule has 1 saturated heterocycles. The summed E-state index contributed by atoms with van der Waals surface area (Å²) in [6.45, 7) is 11.2. The first-order chi connectivity index (χ1) is 8.56. The molecule has 0 aliphatic carbocycles. The predicted molar refractivity (Wildman–Crippen MR) is 76.9 cm³/mol. The smallest absolute Gasteiger partial charge is 0.0597 e. The highest BCUT2D eigenvalue weighted by Gasteiger charge is 2.24. The quantitative estimate of drug-likeness (QED) is 0.673. The second kappa shape index (κ2) is 8.10. The lowest BCUT2D eigenvalue weighted by Crippen LogP contribution is -2.47. The standard InChI is InChI=1S/C14H31N3O/c1-5-17-8-6-7-14(17)10-16(4)9-13(11-18)15-12(2)3/h12-15,18H,5-11H2,1-4H3. The number of nitrogens with zero attached hydrogens (tertiary/aromatic N) is 2. The molecule has 4 heteroatoms. The van der Waals surface area contributed by atoms with Crippen LogP contribution in [0.15, 0.2) is 0 Å². The van der Waals surface area contributed by atoms with Gasteiger partial charge in [-0.05, 0) is 33.0 Å². The Labute approximate surface area is 112 Å². The molecule has 2 unspecified atom stereocenters. The summed E-state index contributed by atoms with van der Waals surface area (Å²) in [6.07, 6.45) is 2.65. The first kappa shape index (κ1) is 15.9. The Morgan fingerprint density at radius 1 is 1.44 bits per heavy atom. The Morgan fingerprint density at radius 3 is 2.72 bits per heavy atom. The van der Waals surface area contributed by atoms with Crippen molar-refractivity contribution >= 4 is 0 Å². The Kier molecular flexibility index (Phi) is 7.15. The predicted octanol–water partition coefficient (Wildman–Crippen LogP) is 0.761. The lowest BCUT2D eigenvalue weighted by atomic mass is 10.2. The number of hydrogen-bond acceptors (Lipinski definition) is 4. The molecule has 2 N–H and O–H groups in total. The van der Waals surface area contributed by atoms with Crippen molar-refractivity contribution in [1.29, 1.82) is 0 Å². The molecule has 2 atom stereocenters. The third-order valence-electron chi connectivity index (χ3n) is 3.75. The number of rotatable bonds is 8. The van der Waals surface area contributed by atoms with E-state index >= 15 is 0 Å². The molecule has 0 amide bonds. The Hall–Kier alpha value is -0.160. The van der Waals surface area contributed by atoms with Gasteiger partial charge in [0.25, 0.3) is 0 Å². The molecule has 1 rings (SSSR count). The van der Waals surface area contributed by atoms with E-state index in [1.165, 1.54) is 19.4 Å². The van der Waals surface area contributed by atoms with Crippen molar-refractivity contribution in [3.8, 4) is 0 Å². The van der Waals surface area contributed by atoms with E-state index in [0.29, 0.717) is 12.1 Å². The van der Waals surface area contributed by atoms with E-state index in [0.717, 1.165) is 19.6 Å². The summed E-state index contributed by atoms with van der Waals surface area (Å²) in [5.74, 6) is 0. The fourth-order valence-corrected chi connectivity index (χ4v) is 2.96. The van der Waals surface area contributed by atoms with Gasteiger partial charge in [-0.25, -0.2) is 0 Å². The highest BCUT2D eigenvalue weighted by atomic mass is 16.3. The summed E-state index contributed by atoms with van der Waals surface area (Å²) in [5.41, 5.74) is 0. The van der Waals surface area contributed by atoms with E-state index in [4.69, 9.17) is 0 Å². The van der Waals surface area contributed by atoms with Crippen molar-refractivity contribution < 1.29 is 5.11 Å². The van der Waals surface area contributed by atoms with Gasteiger partial charge in [0.15, 0.2) is 0 Å². The van der Waals surface area contributed by atoms with Crippen molar-refractivity contribution in [2.75, 3.05) is 39.8 Å². The third kappa shape index (κ3) is 5.22. The third-order valence-corrected chi connectivity index (χ3v) is 3.75. The topological polar surface area (TPSA) is 38.7 Å². The summed E-state index contributed by atoms with van der Waals surface area (Å²) in [7, 11) is 2.16. The average molecular weight is 257 g/mol. The summed E-state index contributed by atoms with van der Waals surface area (Å²) in [4.78, 5) is 4.93. The van der Waals surface area contributed by atoms with E-state index in [1.807, 2.05) is 0 Å². The SMILES string of the molecule is CCN1CCCC1CN(C)CC(CO)NC(C)C. The van der Waals surface area contributed by atoms with Gasteiger partial charge in [-0.3, -0.25) is 4.90 Å². The maximum absolute atomic E-state index is 9.38. The van der Waals surface area contributed by atoms with Gasteiger partial charge >= 0.3 is 0 Å². The van der Waals surface area contributed by atoms with E-state index in [2.05, 4.69) is 42.9 Å². The molecule has 0 radical (unpaired) electrons. The van der Waals surface area contributed by atoms with Crippen LogP contribution in [0.25, 0.3) is 0 Å². The van der Waals surface area contributed by atoms with Gasteiger partial charge in [-0.1, -0.05) is 20.8 Å². The van der Waals surface area contributed by atoms with Crippen LogP contribution in [0.3, 0.4) is 0 Å². The Balaban J connectivity index is 2.33. The van der Waals surface area contributed by atoms with Crippen molar-refractivity contribution in [3.63, 3.8) is 0 Å².